The van der Waals surface area contributed by atoms with Crippen LogP contribution < -0.4 is 20.4 Å². The molecule has 1 unspecified atom stereocenters. The molecule has 0 aliphatic carbocycles. The fraction of sp³-hybridized carbons (Fsp3) is 0.400. The molecule has 2 aliphatic rings. The molecular weight excluding hydrogens is 454 g/mol. The van der Waals surface area contributed by atoms with Gasteiger partial charge in [0, 0.05) is 38.1 Å². The predicted octanol–water partition coefficient (Wildman–Crippen LogP) is 3.38. The smallest absolute Gasteiger partial charge is 0.276 e. The van der Waals surface area contributed by atoms with Crippen LogP contribution in [0.3, 0.4) is 0 Å². The van der Waals surface area contributed by atoms with Gasteiger partial charge in [-0.05, 0) is 13.0 Å². The number of hydrogen-bond donors (Lipinski definition) is 2. The number of halogens is 2. The van der Waals surface area contributed by atoms with E-state index in [1.165, 1.54) is 6.07 Å². The van der Waals surface area contributed by atoms with Crippen LogP contribution in [0.4, 0.5) is 31.7 Å². The molecule has 3 N–H and O–H groups in total. The number of hydrogen-bond acceptors (Lipinski definition) is 6. The number of aromatic nitrogens is 2. The van der Waals surface area contributed by atoms with E-state index in [-0.39, 0.29) is 15.4 Å². The van der Waals surface area contributed by atoms with Gasteiger partial charge in [-0.25, -0.2) is 8.78 Å². The van der Waals surface area contributed by atoms with Crippen molar-refractivity contribution in [3.8, 4) is 0 Å². The molecule has 2 aliphatic heterocycles. The molecular formula is C25H29F2N6O2+. The number of benzene rings is 1. The van der Waals surface area contributed by atoms with Crippen LogP contribution in [0.5, 0.6) is 0 Å². The second kappa shape index (κ2) is 9.01. The third-order valence-electron chi connectivity index (χ3n) is 7.19. The highest BCUT2D eigenvalue weighted by molar-refractivity contribution is 5.98. The highest BCUT2D eigenvalue weighted by Crippen LogP contribution is 2.41. The second-order valence-electron chi connectivity index (χ2n) is 9.43. The van der Waals surface area contributed by atoms with E-state index in [0.717, 1.165) is 31.3 Å². The molecule has 0 saturated carbocycles. The van der Waals surface area contributed by atoms with Gasteiger partial charge in [0.1, 0.15) is 11.6 Å². The molecule has 4 heterocycles. The van der Waals surface area contributed by atoms with Crippen molar-refractivity contribution in [2.75, 3.05) is 50.1 Å². The van der Waals surface area contributed by atoms with Crippen LogP contribution in [0, 0.1) is 18.6 Å². The molecule has 2 saturated heterocycles. The summed E-state index contributed by atoms with van der Waals surface area (Å²) in [5, 5.41) is 3.52. The number of amides is 1. The first-order valence-corrected chi connectivity index (χ1v) is 11.8. The Labute approximate surface area is 202 Å². The van der Waals surface area contributed by atoms with Crippen molar-refractivity contribution < 1.29 is 18.3 Å². The van der Waals surface area contributed by atoms with E-state index in [1.54, 1.807) is 12.4 Å². The fourth-order valence-corrected chi connectivity index (χ4v) is 5.41. The zero-order chi connectivity index (χ0) is 24.7. The van der Waals surface area contributed by atoms with Crippen LogP contribution in [0.2, 0.25) is 0 Å². The number of carbonyl (C=O) groups is 1. The monoisotopic (exact) mass is 483 g/mol. The number of morpholine rings is 1. The predicted molar refractivity (Wildman–Crippen MR) is 132 cm³/mol. The summed E-state index contributed by atoms with van der Waals surface area (Å²) in [7, 11) is 1.91. The van der Waals surface area contributed by atoms with E-state index in [4.69, 9.17) is 10.5 Å². The minimum atomic E-state index is -0.713. The molecule has 2 atom stereocenters. The number of nitrogens with zero attached hydrogens (tertiary/aromatic N) is 4. The Kier molecular flexibility index (Phi) is 6.02. The molecule has 2 aromatic heterocycles. The lowest BCUT2D eigenvalue weighted by molar-refractivity contribution is -0.121. The number of quaternary nitrogens is 1. The first kappa shape index (κ1) is 23.4. The Bertz CT molecular complexity index is 1300. The topological polar surface area (TPSA) is 93.4 Å². The molecule has 2 fully saturated rings. The SMILES string of the molecule is Cc1c([N+]2(C)CCC[C@@H]2C(N)=O)nc2cc(F)cc(F)c2c1Nc1cncc(N2CCOCC2)c1. The van der Waals surface area contributed by atoms with Gasteiger partial charge in [0.15, 0.2) is 6.04 Å². The van der Waals surface area contributed by atoms with Crippen molar-refractivity contribution in [3.63, 3.8) is 0 Å². The molecule has 5 rings (SSSR count). The van der Waals surface area contributed by atoms with E-state index in [0.29, 0.717) is 48.9 Å². The zero-order valence-corrected chi connectivity index (χ0v) is 19.9. The first-order valence-electron chi connectivity index (χ1n) is 11.8. The first-order chi connectivity index (χ1) is 16.8. The van der Waals surface area contributed by atoms with Crippen molar-refractivity contribution in [2.45, 2.75) is 25.8 Å². The number of nitrogens with one attached hydrogen (secondary N) is 1. The number of anilines is 3. The zero-order valence-electron chi connectivity index (χ0n) is 19.9. The van der Waals surface area contributed by atoms with E-state index in [9.17, 15) is 9.18 Å². The van der Waals surface area contributed by atoms with Gasteiger partial charge in [-0.2, -0.15) is 4.98 Å². The van der Waals surface area contributed by atoms with Gasteiger partial charge in [0.05, 0.1) is 72.7 Å². The van der Waals surface area contributed by atoms with Crippen molar-refractivity contribution >= 4 is 39.7 Å². The molecule has 0 radical (unpaired) electrons. The standard InChI is InChI=1S/C25H28F2N6O2/c1-15-23(30-17-12-18(14-29-13-17)32-5-8-35-9-6-32)22-19(27)10-16(26)11-20(22)31-25(15)33(2)7-3-4-21(33)24(28)34/h10-14,21H,3-9H2,1-2H3,(H2-,28,30,31,34)/p+1/t21-,33?/m1/s1. The lowest BCUT2D eigenvalue weighted by Gasteiger charge is -2.34. The molecule has 184 valence electrons. The van der Waals surface area contributed by atoms with E-state index in [1.807, 2.05) is 20.0 Å². The highest BCUT2D eigenvalue weighted by Gasteiger charge is 2.46. The van der Waals surface area contributed by atoms with Crippen LogP contribution in [0.25, 0.3) is 10.9 Å². The quantitative estimate of drug-likeness (QED) is 0.541. The number of primary amides is 1. The number of ether oxygens (including phenoxy) is 1. The molecule has 8 nitrogen and oxygen atoms in total. The minimum Gasteiger partial charge on any atom is -0.378 e. The maximum Gasteiger partial charge on any atom is 0.276 e. The number of likely N-dealkylation sites (tertiary alicyclic amines) is 1. The summed E-state index contributed by atoms with van der Waals surface area (Å²) in [5.74, 6) is -1.26. The Morgan fingerprint density at radius 3 is 2.74 bits per heavy atom. The van der Waals surface area contributed by atoms with Crippen LogP contribution in [0.15, 0.2) is 30.6 Å². The van der Waals surface area contributed by atoms with Crippen molar-refractivity contribution in [1.29, 1.82) is 0 Å². The Morgan fingerprint density at radius 1 is 1.23 bits per heavy atom. The van der Waals surface area contributed by atoms with E-state index >= 15 is 4.39 Å². The summed E-state index contributed by atoms with van der Waals surface area (Å²) in [4.78, 5) is 23.5. The van der Waals surface area contributed by atoms with Gasteiger partial charge < -0.3 is 20.7 Å². The molecule has 3 aromatic rings. The van der Waals surface area contributed by atoms with Gasteiger partial charge in [-0.15, -0.1) is 0 Å². The number of pyridine rings is 2. The maximum atomic E-state index is 15.1. The molecule has 10 heteroatoms. The summed E-state index contributed by atoms with van der Waals surface area (Å²) < 4.78 is 35.0. The number of rotatable bonds is 5. The van der Waals surface area contributed by atoms with Gasteiger partial charge in [-0.3, -0.25) is 14.3 Å². The number of fused-ring (bicyclic) bond motifs is 1. The van der Waals surface area contributed by atoms with E-state index in [2.05, 4.69) is 20.2 Å². The Morgan fingerprint density at radius 2 is 2.00 bits per heavy atom. The van der Waals surface area contributed by atoms with Crippen LogP contribution in [-0.4, -0.2) is 61.8 Å². The molecule has 0 spiro atoms. The van der Waals surface area contributed by atoms with Crippen molar-refractivity contribution in [3.05, 3.63) is 47.8 Å². The lowest BCUT2D eigenvalue weighted by Crippen LogP contribution is -2.55. The average molecular weight is 484 g/mol. The summed E-state index contributed by atoms with van der Waals surface area (Å²) in [5.41, 5.74) is 8.64. The molecule has 1 aromatic carbocycles. The third kappa shape index (κ3) is 4.17. The average Bonchev–Trinajstić information content (AvgIpc) is 3.24. The largest absolute Gasteiger partial charge is 0.378 e. The second-order valence-corrected chi connectivity index (χ2v) is 9.43. The van der Waals surface area contributed by atoms with E-state index < -0.39 is 23.6 Å². The number of carbonyl (C=O) groups excluding carboxylic acids is 1. The normalized spacial score (nSPS) is 22.5. The Hall–Kier alpha value is -3.37. The van der Waals surface area contributed by atoms with Crippen LogP contribution in [0.1, 0.15) is 18.4 Å². The summed E-state index contributed by atoms with van der Waals surface area (Å²) in [6.07, 6.45) is 4.88. The molecule has 1 amide bonds. The molecule has 35 heavy (non-hydrogen) atoms. The number of likely N-dealkylation sites (N-methyl/N-ethyl adjacent to an activating group) is 1. The van der Waals surface area contributed by atoms with Gasteiger partial charge in [0.25, 0.3) is 5.91 Å². The minimum absolute atomic E-state index is 0.178. The van der Waals surface area contributed by atoms with Crippen molar-refractivity contribution in [2.24, 2.45) is 5.73 Å². The van der Waals surface area contributed by atoms with Crippen LogP contribution in [-0.2, 0) is 9.53 Å². The summed E-state index contributed by atoms with van der Waals surface area (Å²) in [6.45, 7) is 5.28. The highest BCUT2D eigenvalue weighted by atomic mass is 19.1. The fourth-order valence-electron chi connectivity index (χ4n) is 5.41. The lowest BCUT2D eigenvalue weighted by atomic mass is 10.1. The summed E-state index contributed by atoms with van der Waals surface area (Å²) >= 11 is 0. The van der Waals surface area contributed by atoms with Gasteiger partial charge in [-0.1, -0.05) is 0 Å². The van der Waals surface area contributed by atoms with Gasteiger partial charge >= 0.3 is 0 Å². The van der Waals surface area contributed by atoms with Crippen LogP contribution >= 0.6 is 0 Å². The third-order valence-corrected chi connectivity index (χ3v) is 7.19. The van der Waals surface area contributed by atoms with Gasteiger partial charge in [0.2, 0.25) is 5.82 Å². The summed E-state index contributed by atoms with van der Waals surface area (Å²) in [6, 6.07) is 3.56. The number of nitrogens with two attached hydrogens (primary N) is 1. The molecule has 0 bridgehead atoms. The Balaban J connectivity index is 1.65. The maximum absolute atomic E-state index is 15.1. The van der Waals surface area contributed by atoms with Crippen molar-refractivity contribution in [1.82, 2.24) is 14.5 Å².